The Balaban J connectivity index is 1.70. The van der Waals surface area contributed by atoms with Gasteiger partial charge in [-0.15, -0.1) is 0 Å². The zero-order valence-electron chi connectivity index (χ0n) is 12.2. The molecular weight excluding hydrogens is 232 g/mol. The molecule has 2 heteroatoms. The predicted molar refractivity (Wildman–Crippen MR) is 81.2 cm³/mol. The van der Waals surface area contributed by atoms with E-state index in [1.165, 1.54) is 44.3 Å². The number of hydrogen-bond donors (Lipinski definition) is 1. The molecule has 0 bridgehead atoms. The normalized spacial score (nSPS) is 30.2. The number of hydrogen-bond acceptors (Lipinski definition) is 2. The van der Waals surface area contributed by atoms with E-state index in [1.807, 2.05) is 0 Å². The summed E-state index contributed by atoms with van der Waals surface area (Å²) in [5.41, 5.74) is 8.60. The zero-order valence-corrected chi connectivity index (χ0v) is 12.2. The molecule has 2 fully saturated rings. The molecule has 2 atom stereocenters. The molecule has 1 saturated carbocycles. The first-order chi connectivity index (χ1) is 9.09. The Bertz CT molecular complexity index is 433. The third kappa shape index (κ3) is 2.64. The molecule has 0 amide bonds. The topological polar surface area (TPSA) is 29.3 Å². The summed E-state index contributed by atoms with van der Waals surface area (Å²) in [7, 11) is 0. The van der Waals surface area contributed by atoms with Crippen LogP contribution in [0.4, 0.5) is 5.69 Å². The largest absolute Gasteiger partial charge is 0.399 e. The molecule has 1 saturated heterocycles. The van der Waals surface area contributed by atoms with Gasteiger partial charge in [0.15, 0.2) is 0 Å². The van der Waals surface area contributed by atoms with E-state index >= 15 is 0 Å². The van der Waals surface area contributed by atoms with Crippen LogP contribution in [0, 0.1) is 5.92 Å². The van der Waals surface area contributed by atoms with Crippen LogP contribution in [0.15, 0.2) is 24.3 Å². The quantitative estimate of drug-likeness (QED) is 0.842. The number of rotatable bonds is 3. The summed E-state index contributed by atoms with van der Waals surface area (Å²) < 4.78 is 0. The molecule has 1 aromatic carbocycles. The van der Waals surface area contributed by atoms with Crippen LogP contribution in [0.25, 0.3) is 0 Å². The van der Waals surface area contributed by atoms with Gasteiger partial charge in [-0.2, -0.15) is 0 Å². The van der Waals surface area contributed by atoms with E-state index in [1.54, 1.807) is 0 Å². The first-order valence-corrected chi connectivity index (χ1v) is 7.69. The molecule has 2 unspecified atom stereocenters. The highest BCUT2D eigenvalue weighted by atomic mass is 15.2. The Kier molecular flexibility index (Phi) is 3.30. The van der Waals surface area contributed by atoms with Crippen LogP contribution in [0.1, 0.15) is 45.1 Å². The molecule has 3 rings (SSSR count). The summed E-state index contributed by atoms with van der Waals surface area (Å²) in [6, 6.07) is 9.32. The Hall–Kier alpha value is -1.02. The summed E-state index contributed by atoms with van der Waals surface area (Å²) in [6.45, 7) is 7.30. The van der Waals surface area contributed by atoms with E-state index in [2.05, 4.69) is 43.0 Å². The second kappa shape index (κ2) is 4.82. The Labute approximate surface area is 117 Å². The monoisotopic (exact) mass is 258 g/mol. The average Bonchev–Trinajstić information content (AvgIpc) is 3.15. The Morgan fingerprint density at radius 3 is 2.47 bits per heavy atom. The maximum Gasteiger partial charge on any atom is 0.0314 e. The lowest BCUT2D eigenvalue weighted by Crippen LogP contribution is -2.44. The van der Waals surface area contributed by atoms with Crippen molar-refractivity contribution in [1.82, 2.24) is 4.90 Å². The van der Waals surface area contributed by atoms with E-state index in [9.17, 15) is 0 Å². The maximum absolute atomic E-state index is 5.80. The van der Waals surface area contributed by atoms with Gasteiger partial charge in [-0.05, 0) is 62.8 Å². The van der Waals surface area contributed by atoms with Gasteiger partial charge in [-0.1, -0.05) is 19.1 Å². The third-order valence-corrected chi connectivity index (χ3v) is 5.16. The number of nitrogen functional groups attached to an aromatic ring is 1. The van der Waals surface area contributed by atoms with Gasteiger partial charge in [0.25, 0.3) is 0 Å². The summed E-state index contributed by atoms with van der Waals surface area (Å²) in [6.07, 6.45) is 5.41. The Morgan fingerprint density at radius 2 is 1.89 bits per heavy atom. The molecule has 1 aliphatic heterocycles. The molecular formula is C17H26N2. The zero-order chi connectivity index (χ0) is 13.5. The summed E-state index contributed by atoms with van der Waals surface area (Å²) >= 11 is 0. The number of nitrogens with zero attached hydrogens (tertiary/aromatic N) is 1. The molecule has 2 N–H and O–H groups in total. The molecule has 0 radical (unpaired) electrons. The summed E-state index contributed by atoms with van der Waals surface area (Å²) in [4.78, 5) is 2.71. The molecule has 19 heavy (non-hydrogen) atoms. The molecule has 0 aromatic heterocycles. The predicted octanol–water partition coefficient (Wildman–Crippen LogP) is 3.42. The number of nitrogens with two attached hydrogens (primary N) is 1. The van der Waals surface area contributed by atoms with Crippen LogP contribution in [0.3, 0.4) is 0 Å². The van der Waals surface area contributed by atoms with Crippen LogP contribution in [0.2, 0.25) is 0 Å². The Morgan fingerprint density at radius 1 is 1.21 bits per heavy atom. The molecule has 0 spiro atoms. The van der Waals surface area contributed by atoms with E-state index in [4.69, 9.17) is 5.73 Å². The van der Waals surface area contributed by atoms with Gasteiger partial charge in [-0.3, -0.25) is 4.90 Å². The SMILES string of the molecule is CC1CCN(CC2(c3ccc(N)cc3)CC2)C(C)C1. The number of benzene rings is 1. The van der Waals surface area contributed by atoms with Crippen molar-refractivity contribution in [2.45, 2.75) is 51.0 Å². The fourth-order valence-corrected chi connectivity index (χ4v) is 3.61. The van der Waals surface area contributed by atoms with Crippen molar-refractivity contribution >= 4 is 5.69 Å². The van der Waals surface area contributed by atoms with Gasteiger partial charge in [-0.25, -0.2) is 0 Å². The minimum Gasteiger partial charge on any atom is -0.399 e. The van der Waals surface area contributed by atoms with Gasteiger partial charge in [0, 0.05) is 23.7 Å². The van der Waals surface area contributed by atoms with Crippen molar-refractivity contribution in [1.29, 1.82) is 0 Å². The second-order valence-corrected chi connectivity index (χ2v) is 6.85. The van der Waals surface area contributed by atoms with E-state index in [-0.39, 0.29) is 0 Å². The van der Waals surface area contributed by atoms with Crippen LogP contribution in [-0.4, -0.2) is 24.0 Å². The molecule has 104 valence electrons. The fraction of sp³-hybridized carbons (Fsp3) is 0.647. The minimum atomic E-state index is 0.433. The van der Waals surface area contributed by atoms with Gasteiger partial charge in [0.1, 0.15) is 0 Å². The van der Waals surface area contributed by atoms with Crippen LogP contribution in [0.5, 0.6) is 0 Å². The van der Waals surface area contributed by atoms with Crippen molar-refractivity contribution in [3.05, 3.63) is 29.8 Å². The lowest BCUT2D eigenvalue weighted by Gasteiger charge is -2.39. The van der Waals surface area contributed by atoms with Crippen molar-refractivity contribution in [2.24, 2.45) is 5.92 Å². The van der Waals surface area contributed by atoms with Crippen molar-refractivity contribution < 1.29 is 0 Å². The maximum atomic E-state index is 5.80. The highest BCUT2D eigenvalue weighted by Crippen LogP contribution is 2.49. The van der Waals surface area contributed by atoms with E-state index in [0.29, 0.717) is 5.41 Å². The smallest absolute Gasteiger partial charge is 0.0314 e. The fourth-order valence-electron chi connectivity index (χ4n) is 3.61. The molecule has 1 aromatic rings. The van der Waals surface area contributed by atoms with Crippen LogP contribution in [-0.2, 0) is 5.41 Å². The first-order valence-electron chi connectivity index (χ1n) is 7.69. The van der Waals surface area contributed by atoms with E-state index in [0.717, 1.165) is 17.6 Å². The highest BCUT2D eigenvalue weighted by molar-refractivity contribution is 5.43. The summed E-state index contributed by atoms with van der Waals surface area (Å²) in [5, 5.41) is 0. The van der Waals surface area contributed by atoms with Gasteiger partial charge in [0.05, 0.1) is 0 Å². The first kappa shape index (κ1) is 13.0. The second-order valence-electron chi connectivity index (χ2n) is 6.85. The van der Waals surface area contributed by atoms with Gasteiger partial charge in [0.2, 0.25) is 0 Å². The van der Waals surface area contributed by atoms with Crippen molar-refractivity contribution in [3.8, 4) is 0 Å². The van der Waals surface area contributed by atoms with Crippen molar-refractivity contribution in [2.75, 3.05) is 18.8 Å². The standard InChI is InChI=1S/C17H26N2/c1-13-7-10-19(14(2)11-13)12-17(8-9-17)15-3-5-16(18)6-4-15/h3-6,13-14H,7-12,18H2,1-2H3. The number of likely N-dealkylation sites (tertiary alicyclic amines) is 1. The lowest BCUT2D eigenvalue weighted by molar-refractivity contribution is 0.118. The van der Waals surface area contributed by atoms with Gasteiger partial charge >= 0.3 is 0 Å². The minimum absolute atomic E-state index is 0.433. The molecule has 1 heterocycles. The lowest BCUT2D eigenvalue weighted by atomic mass is 9.89. The average molecular weight is 258 g/mol. The molecule has 2 nitrogen and oxygen atoms in total. The van der Waals surface area contributed by atoms with E-state index < -0.39 is 0 Å². The van der Waals surface area contributed by atoms with Gasteiger partial charge < -0.3 is 5.73 Å². The van der Waals surface area contributed by atoms with Crippen LogP contribution >= 0.6 is 0 Å². The molecule has 2 aliphatic rings. The highest BCUT2D eigenvalue weighted by Gasteiger charge is 2.46. The number of anilines is 1. The van der Waals surface area contributed by atoms with Crippen molar-refractivity contribution in [3.63, 3.8) is 0 Å². The summed E-state index contributed by atoms with van der Waals surface area (Å²) in [5.74, 6) is 0.901. The third-order valence-electron chi connectivity index (χ3n) is 5.16. The molecule has 1 aliphatic carbocycles. The number of piperidine rings is 1. The van der Waals surface area contributed by atoms with Crippen LogP contribution < -0.4 is 5.73 Å².